The Morgan fingerprint density at radius 3 is 2.26 bits per heavy atom. The lowest BCUT2D eigenvalue weighted by molar-refractivity contribution is -0.123. The quantitative estimate of drug-likeness (QED) is 0.204. The number of hydrazone groups is 1. The van der Waals surface area contributed by atoms with Crippen LogP contribution in [0.15, 0.2) is 101 Å². The highest BCUT2D eigenvalue weighted by molar-refractivity contribution is 5.90. The molecule has 7 nitrogen and oxygen atoms in total. The van der Waals surface area contributed by atoms with Crippen molar-refractivity contribution in [1.29, 1.82) is 0 Å². The van der Waals surface area contributed by atoms with Gasteiger partial charge in [0.15, 0.2) is 6.61 Å². The van der Waals surface area contributed by atoms with Crippen molar-refractivity contribution in [3.8, 4) is 28.2 Å². The fourth-order valence-corrected chi connectivity index (χ4v) is 3.29. The molecule has 1 N–H and O–H groups in total. The SMILES string of the molecule is CCOC(=O)c1ccc(-c2ccc(C=NNC(=O)COc3ccc(-c4ccccc4)cc3)o2)cc1. The lowest BCUT2D eigenvalue weighted by Crippen LogP contribution is -2.24. The van der Waals surface area contributed by atoms with Crippen molar-refractivity contribution in [2.45, 2.75) is 6.92 Å². The summed E-state index contributed by atoms with van der Waals surface area (Å²) in [5, 5.41) is 3.91. The van der Waals surface area contributed by atoms with Gasteiger partial charge in [-0.3, -0.25) is 4.79 Å². The van der Waals surface area contributed by atoms with Crippen molar-refractivity contribution in [1.82, 2.24) is 5.43 Å². The number of carbonyl (C=O) groups is 2. The Bertz CT molecular complexity index is 1290. The molecule has 4 rings (SSSR count). The van der Waals surface area contributed by atoms with E-state index in [4.69, 9.17) is 13.9 Å². The van der Waals surface area contributed by atoms with E-state index in [0.717, 1.165) is 16.7 Å². The third-order valence-corrected chi connectivity index (χ3v) is 5.02. The second-order valence-electron chi connectivity index (χ2n) is 7.47. The van der Waals surface area contributed by atoms with Crippen LogP contribution in [0.1, 0.15) is 23.0 Å². The van der Waals surface area contributed by atoms with E-state index in [1.807, 2.05) is 54.6 Å². The van der Waals surface area contributed by atoms with Crippen LogP contribution < -0.4 is 10.2 Å². The molecule has 0 spiro atoms. The highest BCUT2D eigenvalue weighted by Crippen LogP contribution is 2.23. The number of rotatable bonds is 9. The first-order valence-corrected chi connectivity index (χ1v) is 11.1. The molecule has 0 radical (unpaired) electrons. The van der Waals surface area contributed by atoms with Gasteiger partial charge in [-0.15, -0.1) is 0 Å². The van der Waals surface area contributed by atoms with Gasteiger partial charge in [0.05, 0.1) is 18.4 Å². The molecule has 0 aliphatic heterocycles. The van der Waals surface area contributed by atoms with Crippen LogP contribution in [0.25, 0.3) is 22.5 Å². The summed E-state index contributed by atoms with van der Waals surface area (Å²) in [7, 11) is 0. The van der Waals surface area contributed by atoms with Crippen molar-refractivity contribution in [2.75, 3.05) is 13.2 Å². The predicted molar refractivity (Wildman–Crippen MR) is 133 cm³/mol. The standard InChI is InChI=1S/C28H24N2O5/c1-2-33-28(32)23-10-8-22(9-11-23)26-17-16-25(35-26)18-29-30-27(31)19-34-24-14-12-21(13-15-24)20-6-4-3-5-7-20/h3-18H,2,19H2,1H3,(H,30,31). The minimum Gasteiger partial charge on any atom is -0.484 e. The van der Waals surface area contributed by atoms with E-state index in [9.17, 15) is 9.59 Å². The van der Waals surface area contributed by atoms with Gasteiger partial charge >= 0.3 is 5.97 Å². The Labute approximate surface area is 203 Å². The largest absolute Gasteiger partial charge is 0.484 e. The predicted octanol–water partition coefficient (Wildman–Crippen LogP) is 5.32. The number of benzene rings is 3. The number of hydrogen-bond acceptors (Lipinski definition) is 6. The third kappa shape index (κ3) is 6.45. The number of nitrogens with one attached hydrogen (secondary N) is 1. The maximum atomic E-state index is 12.0. The van der Waals surface area contributed by atoms with E-state index < -0.39 is 5.91 Å². The van der Waals surface area contributed by atoms with E-state index >= 15 is 0 Å². The molecule has 7 heteroatoms. The van der Waals surface area contributed by atoms with Gasteiger partial charge in [0.2, 0.25) is 0 Å². The summed E-state index contributed by atoms with van der Waals surface area (Å²) < 4.78 is 16.2. The molecular formula is C28H24N2O5. The zero-order chi connectivity index (χ0) is 24.5. The van der Waals surface area contributed by atoms with Crippen molar-refractivity contribution in [3.05, 3.63) is 102 Å². The van der Waals surface area contributed by atoms with E-state index in [1.54, 1.807) is 43.3 Å². The Morgan fingerprint density at radius 1 is 0.857 bits per heavy atom. The number of furan rings is 1. The molecule has 35 heavy (non-hydrogen) atoms. The fourth-order valence-electron chi connectivity index (χ4n) is 3.29. The minimum atomic E-state index is -0.394. The summed E-state index contributed by atoms with van der Waals surface area (Å²) in [6.07, 6.45) is 1.41. The Kier molecular flexibility index (Phi) is 7.70. The topological polar surface area (TPSA) is 90.1 Å². The molecule has 0 saturated carbocycles. The molecule has 1 aromatic heterocycles. The molecule has 4 aromatic rings. The highest BCUT2D eigenvalue weighted by atomic mass is 16.5. The monoisotopic (exact) mass is 468 g/mol. The number of ether oxygens (including phenoxy) is 2. The summed E-state index contributed by atoms with van der Waals surface area (Å²) in [6, 6.07) is 28.0. The second kappa shape index (κ2) is 11.5. The minimum absolute atomic E-state index is 0.168. The Balaban J connectivity index is 1.25. The Hall–Kier alpha value is -4.65. The lowest BCUT2D eigenvalue weighted by atomic mass is 10.1. The number of carbonyl (C=O) groups excluding carboxylic acids is 2. The van der Waals surface area contributed by atoms with Crippen molar-refractivity contribution >= 4 is 18.1 Å². The highest BCUT2D eigenvalue weighted by Gasteiger charge is 2.09. The van der Waals surface area contributed by atoms with Gasteiger partial charge in [-0.2, -0.15) is 5.10 Å². The van der Waals surface area contributed by atoms with Gasteiger partial charge in [0, 0.05) is 5.56 Å². The first-order chi connectivity index (χ1) is 17.1. The van der Waals surface area contributed by atoms with Crippen LogP contribution in [-0.4, -0.2) is 31.3 Å². The number of nitrogens with zero attached hydrogens (tertiary/aromatic N) is 1. The summed E-state index contributed by atoms with van der Waals surface area (Å²) in [5.74, 6) is 0.904. The molecule has 0 unspecified atom stereocenters. The van der Waals surface area contributed by atoms with Gasteiger partial charge < -0.3 is 13.9 Å². The van der Waals surface area contributed by atoms with Gasteiger partial charge in [-0.05, 0) is 54.4 Å². The molecule has 176 valence electrons. The van der Waals surface area contributed by atoms with Crippen LogP contribution in [0, 0.1) is 0 Å². The smallest absolute Gasteiger partial charge is 0.338 e. The van der Waals surface area contributed by atoms with E-state index in [0.29, 0.717) is 29.4 Å². The van der Waals surface area contributed by atoms with Crippen LogP contribution in [0.4, 0.5) is 0 Å². The summed E-state index contributed by atoms with van der Waals surface area (Å²) in [5.41, 5.74) is 5.87. The summed E-state index contributed by atoms with van der Waals surface area (Å²) >= 11 is 0. The molecule has 1 heterocycles. The normalized spacial score (nSPS) is 10.8. The van der Waals surface area contributed by atoms with Gasteiger partial charge in [-0.1, -0.05) is 54.6 Å². The van der Waals surface area contributed by atoms with Crippen molar-refractivity contribution in [3.63, 3.8) is 0 Å². The van der Waals surface area contributed by atoms with Gasteiger partial charge in [0.25, 0.3) is 5.91 Å². The first kappa shape index (κ1) is 23.5. The average molecular weight is 469 g/mol. The van der Waals surface area contributed by atoms with Crippen LogP contribution in [0.2, 0.25) is 0 Å². The van der Waals surface area contributed by atoms with Crippen LogP contribution in [0.3, 0.4) is 0 Å². The van der Waals surface area contributed by atoms with E-state index in [1.165, 1.54) is 6.21 Å². The maximum Gasteiger partial charge on any atom is 0.338 e. The molecule has 1 amide bonds. The molecule has 3 aromatic carbocycles. The molecule has 0 aliphatic carbocycles. The molecular weight excluding hydrogens is 444 g/mol. The van der Waals surface area contributed by atoms with Crippen molar-refractivity contribution in [2.24, 2.45) is 5.10 Å². The zero-order valence-corrected chi connectivity index (χ0v) is 19.1. The van der Waals surface area contributed by atoms with E-state index in [-0.39, 0.29) is 12.6 Å². The van der Waals surface area contributed by atoms with Gasteiger partial charge in [0.1, 0.15) is 17.3 Å². The summed E-state index contributed by atoms with van der Waals surface area (Å²) in [4.78, 5) is 23.8. The zero-order valence-electron chi connectivity index (χ0n) is 19.1. The molecule has 0 saturated heterocycles. The number of hydrogen-bond donors (Lipinski definition) is 1. The maximum absolute atomic E-state index is 12.0. The lowest BCUT2D eigenvalue weighted by Gasteiger charge is -2.06. The molecule has 0 fully saturated rings. The van der Waals surface area contributed by atoms with Crippen molar-refractivity contribution < 1.29 is 23.5 Å². The molecule has 0 atom stereocenters. The van der Waals surface area contributed by atoms with Crippen LogP contribution >= 0.6 is 0 Å². The fraction of sp³-hybridized carbons (Fsp3) is 0.107. The Morgan fingerprint density at radius 2 is 1.54 bits per heavy atom. The average Bonchev–Trinajstić information content (AvgIpc) is 3.37. The molecule has 0 bridgehead atoms. The van der Waals surface area contributed by atoms with Gasteiger partial charge in [-0.25, -0.2) is 10.2 Å². The van der Waals surface area contributed by atoms with Crippen LogP contribution in [-0.2, 0) is 9.53 Å². The van der Waals surface area contributed by atoms with Crippen LogP contribution in [0.5, 0.6) is 5.75 Å². The number of amides is 1. The number of esters is 1. The first-order valence-electron chi connectivity index (χ1n) is 11.1. The summed E-state index contributed by atoms with van der Waals surface area (Å²) in [6.45, 7) is 1.92. The second-order valence-corrected chi connectivity index (χ2v) is 7.47. The molecule has 0 aliphatic rings. The third-order valence-electron chi connectivity index (χ3n) is 5.02. The van der Waals surface area contributed by atoms with E-state index in [2.05, 4.69) is 10.5 Å².